The van der Waals surface area contributed by atoms with E-state index in [-0.39, 0.29) is 16.5 Å². The number of hydrogen-bond acceptors (Lipinski definition) is 2. The standard InChI is InChI=1S/C18H20N2/c1-4-12-16(2)17(3)14-10-11-15(14)18(16,20-19-17)13-8-6-5-7-9-13/h4-11,14-15H,1,12H2,2-3H3/t14-,15+,16-,17-,18+/m1/s1. The van der Waals surface area contributed by atoms with Crippen molar-refractivity contribution in [1.29, 1.82) is 0 Å². The first-order chi connectivity index (χ1) is 9.60. The van der Waals surface area contributed by atoms with E-state index < -0.39 is 0 Å². The second kappa shape index (κ2) is 3.49. The van der Waals surface area contributed by atoms with Gasteiger partial charge in [-0.1, -0.05) is 55.5 Å². The summed E-state index contributed by atoms with van der Waals surface area (Å²) in [5, 5.41) is 9.62. The van der Waals surface area contributed by atoms with E-state index in [9.17, 15) is 0 Å². The predicted octanol–water partition coefficient (Wildman–Crippen LogP) is 4.50. The SMILES string of the molecule is C=CC[C@]1(C)[C@]2(C)N=N[C@@]1(c1ccccc1)[C@H]1C=C[C@H]12. The van der Waals surface area contributed by atoms with Gasteiger partial charge >= 0.3 is 0 Å². The average Bonchev–Trinajstić information content (AvgIpc) is 2.67. The first-order valence-corrected chi connectivity index (χ1v) is 7.39. The molecule has 0 aromatic heterocycles. The van der Waals surface area contributed by atoms with Gasteiger partial charge in [0.25, 0.3) is 0 Å². The van der Waals surface area contributed by atoms with Gasteiger partial charge in [0, 0.05) is 17.3 Å². The van der Waals surface area contributed by atoms with Crippen molar-refractivity contribution >= 4 is 0 Å². The highest BCUT2D eigenvalue weighted by Gasteiger charge is 2.77. The maximum absolute atomic E-state index is 4.86. The largest absolute Gasteiger partial charge is 0.185 e. The van der Waals surface area contributed by atoms with Gasteiger partial charge in [0.2, 0.25) is 0 Å². The molecule has 4 rings (SSSR count). The van der Waals surface area contributed by atoms with Crippen molar-refractivity contribution in [1.82, 2.24) is 0 Å². The van der Waals surface area contributed by atoms with Crippen molar-refractivity contribution in [3.63, 3.8) is 0 Å². The van der Waals surface area contributed by atoms with E-state index in [0.29, 0.717) is 11.8 Å². The van der Waals surface area contributed by atoms with E-state index in [1.54, 1.807) is 0 Å². The Hall–Kier alpha value is -1.70. The van der Waals surface area contributed by atoms with Crippen LogP contribution in [0.15, 0.2) is 65.4 Å². The molecule has 1 fully saturated rings. The summed E-state index contributed by atoms with van der Waals surface area (Å²) >= 11 is 0. The molecule has 2 heteroatoms. The van der Waals surface area contributed by atoms with Gasteiger partial charge in [-0.2, -0.15) is 10.2 Å². The second-order valence-corrected chi connectivity index (χ2v) is 6.74. The summed E-state index contributed by atoms with van der Waals surface area (Å²) in [4.78, 5) is 0. The number of azo groups is 1. The summed E-state index contributed by atoms with van der Waals surface area (Å²) in [5.41, 5.74) is 0.989. The van der Waals surface area contributed by atoms with Crippen molar-refractivity contribution in [2.45, 2.75) is 31.3 Å². The summed E-state index contributed by atoms with van der Waals surface area (Å²) in [6.07, 6.45) is 7.65. The Morgan fingerprint density at radius 1 is 1.10 bits per heavy atom. The van der Waals surface area contributed by atoms with Gasteiger partial charge in [0.1, 0.15) is 5.54 Å². The predicted molar refractivity (Wildman–Crippen MR) is 80.4 cm³/mol. The molecule has 102 valence electrons. The lowest BCUT2D eigenvalue weighted by molar-refractivity contribution is 0.148. The molecule has 1 aliphatic heterocycles. The van der Waals surface area contributed by atoms with Gasteiger partial charge in [-0.05, 0) is 18.9 Å². The third kappa shape index (κ3) is 0.983. The van der Waals surface area contributed by atoms with Crippen LogP contribution in [0, 0.1) is 17.3 Å². The Morgan fingerprint density at radius 2 is 1.80 bits per heavy atom. The number of allylic oxidation sites excluding steroid dienone is 1. The van der Waals surface area contributed by atoms with Crippen molar-refractivity contribution < 1.29 is 0 Å². The molecule has 0 spiro atoms. The van der Waals surface area contributed by atoms with Crippen LogP contribution < -0.4 is 0 Å². The first-order valence-electron chi connectivity index (χ1n) is 7.39. The quantitative estimate of drug-likeness (QED) is 0.718. The molecule has 5 atom stereocenters. The highest BCUT2D eigenvalue weighted by atomic mass is 15.3. The van der Waals surface area contributed by atoms with E-state index in [0.717, 1.165) is 6.42 Å². The van der Waals surface area contributed by atoms with Crippen LogP contribution in [0.25, 0.3) is 0 Å². The molecular formula is C18H20N2. The fourth-order valence-electron chi connectivity index (χ4n) is 4.84. The first kappa shape index (κ1) is 12.1. The van der Waals surface area contributed by atoms with Gasteiger partial charge in [0.15, 0.2) is 0 Å². The van der Waals surface area contributed by atoms with E-state index in [2.05, 4.69) is 62.9 Å². The van der Waals surface area contributed by atoms with Crippen molar-refractivity contribution in [2.75, 3.05) is 0 Å². The second-order valence-electron chi connectivity index (χ2n) is 6.74. The minimum absolute atomic E-state index is 0.00192. The molecule has 1 heterocycles. The average molecular weight is 264 g/mol. The summed E-state index contributed by atoms with van der Waals surface area (Å²) in [6.45, 7) is 8.61. The lowest BCUT2D eigenvalue weighted by Crippen LogP contribution is -2.45. The van der Waals surface area contributed by atoms with E-state index in [1.807, 2.05) is 6.08 Å². The molecule has 3 aliphatic rings. The van der Waals surface area contributed by atoms with Crippen LogP contribution in [-0.2, 0) is 5.54 Å². The minimum Gasteiger partial charge on any atom is -0.185 e. The lowest BCUT2D eigenvalue weighted by Gasteiger charge is -2.41. The Morgan fingerprint density at radius 3 is 2.40 bits per heavy atom. The maximum atomic E-state index is 4.86. The van der Waals surface area contributed by atoms with Crippen LogP contribution in [0.5, 0.6) is 0 Å². The van der Waals surface area contributed by atoms with Gasteiger partial charge in [-0.3, -0.25) is 0 Å². The Bertz CT molecular complexity index is 632. The molecule has 0 amide bonds. The molecule has 1 aromatic carbocycles. The van der Waals surface area contributed by atoms with E-state index >= 15 is 0 Å². The van der Waals surface area contributed by atoms with Crippen molar-refractivity contribution in [3.8, 4) is 0 Å². The molecule has 0 radical (unpaired) electrons. The van der Waals surface area contributed by atoms with Crippen LogP contribution in [0.3, 0.4) is 0 Å². The van der Waals surface area contributed by atoms with Crippen LogP contribution in [-0.4, -0.2) is 5.54 Å². The van der Waals surface area contributed by atoms with Crippen molar-refractivity contribution in [3.05, 3.63) is 60.7 Å². The fraction of sp³-hybridized carbons (Fsp3) is 0.444. The lowest BCUT2D eigenvalue weighted by atomic mass is 9.61. The van der Waals surface area contributed by atoms with Crippen LogP contribution in [0.4, 0.5) is 0 Å². The third-order valence-corrected chi connectivity index (χ3v) is 6.18. The van der Waals surface area contributed by atoms with Gasteiger partial charge < -0.3 is 0 Å². The molecule has 1 saturated carbocycles. The topological polar surface area (TPSA) is 24.7 Å². The molecule has 0 N–H and O–H groups in total. The molecule has 2 nitrogen and oxygen atoms in total. The minimum atomic E-state index is -0.212. The molecule has 2 bridgehead atoms. The summed E-state index contributed by atoms with van der Waals surface area (Å²) in [7, 11) is 0. The third-order valence-electron chi connectivity index (χ3n) is 6.18. The molecule has 0 unspecified atom stereocenters. The number of hydrogen-bond donors (Lipinski definition) is 0. The highest BCUT2D eigenvalue weighted by Crippen LogP contribution is 2.74. The highest BCUT2D eigenvalue weighted by molar-refractivity contribution is 5.46. The fourth-order valence-corrected chi connectivity index (χ4v) is 4.84. The maximum Gasteiger partial charge on any atom is 0.121 e. The van der Waals surface area contributed by atoms with E-state index in [1.165, 1.54) is 5.56 Å². The number of rotatable bonds is 3. The zero-order valence-electron chi connectivity index (χ0n) is 12.1. The molecule has 2 aliphatic carbocycles. The zero-order chi connectivity index (χ0) is 14.0. The number of benzene rings is 1. The molecule has 20 heavy (non-hydrogen) atoms. The number of fused-ring (bicyclic) bond motifs is 5. The number of nitrogens with zero attached hydrogens (tertiary/aromatic N) is 2. The Balaban J connectivity index is 1.99. The van der Waals surface area contributed by atoms with Gasteiger partial charge in [-0.15, -0.1) is 6.58 Å². The summed E-state index contributed by atoms with van der Waals surface area (Å²) in [6, 6.07) is 10.7. The van der Waals surface area contributed by atoms with Crippen molar-refractivity contribution in [2.24, 2.45) is 27.5 Å². The van der Waals surface area contributed by atoms with Crippen LogP contribution in [0.2, 0.25) is 0 Å². The smallest absolute Gasteiger partial charge is 0.121 e. The Kier molecular flexibility index (Phi) is 2.11. The zero-order valence-corrected chi connectivity index (χ0v) is 12.1. The normalized spacial score (nSPS) is 47.1. The van der Waals surface area contributed by atoms with Crippen LogP contribution >= 0.6 is 0 Å². The summed E-state index contributed by atoms with van der Waals surface area (Å²) < 4.78 is 0. The monoisotopic (exact) mass is 264 g/mol. The molecular weight excluding hydrogens is 244 g/mol. The Labute approximate surface area is 120 Å². The van der Waals surface area contributed by atoms with E-state index in [4.69, 9.17) is 10.2 Å². The molecule has 1 aromatic rings. The van der Waals surface area contributed by atoms with Gasteiger partial charge in [0.05, 0.1) is 5.54 Å². The van der Waals surface area contributed by atoms with Crippen LogP contribution in [0.1, 0.15) is 25.8 Å². The van der Waals surface area contributed by atoms with Gasteiger partial charge in [-0.25, -0.2) is 0 Å². The summed E-state index contributed by atoms with van der Waals surface area (Å²) in [5.74, 6) is 1.00. The molecule has 0 saturated heterocycles.